The maximum atomic E-state index is 3.80. The van der Waals surface area contributed by atoms with E-state index < -0.39 is 0 Å². The maximum absolute atomic E-state index is 3.80. The molecule has 27 heavy (non-hydrogen) atoms. The van der Waals surface area contributed by atoms with Gasteiger partial charge in [0.05, 0.1) is 0 Å². The van der Waals surface area contributed by atoms with E-state index in [0.717, 1.165) is 18.7 Å². The van der Waals surface area contributed by atoms with Crippen molar-refractivity contribution in [1.82, 2.24) is 0 Å². The lowest BCUT2D eigenvalue weighted by atomic mass is 10.1. The van der Waals surface area contributed by atoms with E-state index in [1.807, 2.05) is 6.08 Å². The van der Waals surface area contributed by atoms with Crippen LogP contribution in [0.2, 0.25) is 0 Å². The number of aromatic nitrogens is 2. The molecule has 0 saturated carbocycles. The summed E-state index contributed by atoms with van der Waals surface area (Å²) in [4.78, 5) is 0. The number of benzene rings is 1. The Morgan fingerprint density at radius 1 is 0.741 bits per heavy atom. The third-order valence-corrected chi connectivity index (χ3v) is 4.97. The molecule has 3 aromatic rings. The molecule has 0 fully saturated rings. The molecule has 0 saturated heterocycles. The lowest BCUT2D eigenvalue weighted by Gasteiger charge is -2.02. The van der Waals surface area contributed by atoms with Gasteiger partial charge in [-0.25, -0.2) is 9.13 Å². The third-order valence-electron chi connectivity index (χ3n) is 4.97. The first-order chi connectivity index (χ1) is 13.3. The minimum absolute atomic E-state index is 0.879. The van der Waals surface area contributed by atoms with Crippen molar-refractivity contribution >= 4 is 6.08 Å². The van der Waals surface area contributed by atoms with E-state index in [4.69, 9.17) is 0 Å². The summed E-state index contributed by atoms with van der Waals surface area (Å²) >= 11 is 0. The molecule has 0 aliphatic heterocycles. The van der Waals surface area contributed by atoms with Gasteiger partial charge in [0.2, 0.25) is 0 Å². The van der Waals surface area contributed by atoms with Crippen molar-refractivity contribution in [3.63, 3.8) is 0 Å². The van der Waals surface area contributed by atoms with Gasteiger partial charge in [0.1, 0.15) is 6.54 Å². The Morgan fingerprint density at radius 3 is 1.89 bits per heavy atom. The zero-order valence-corrected chi connectivity index (χ0v) is 16.3. The SMILES string of the molecule is C=Cc1ccc(C[n+]2ccc(-c3cc[n+](CCCCCC)cc3)cc2)cc1. The van der Waals surface area contributed by atoms with Gasteiger partial charge >= 0.3 is 0 Å². The van der Waals surface area contributed by atoms with Crippen molar-refractivity contribution in [3.8, 4) is 11.1 Å². The molecule has 0 atom stereocenters. The van der Waals surface area contributed by atoms with Crippen LogP contribution in [0.3, 0.4) is 0 Å². The molecule has 2 nitrogen and oxygen atoms in total. The maximum Gasteiger partial charge on any atom is 0.173 e. The van der Waals surface area contributed by atoms with Crippen LogP contribution in [0, 0.1) is 0 Å². The highest BCUT2D eigenvalue weighted by Gasteiger charge is 2.06. The third kappa shape index (κ3) is 5.62. The van der Waals surface area contributed by atoms with Crippen LogP contribution >= 0.6 is 0 Å². The summed E-state index contributed by atoms with van der Waals surface area (Å²) < 4.78 is 4.50. The van der Waals surface area contributed by atoms with Gasteiger partial charge in [-0.3, -0.25) is 0 Å². The van der Waals surface area contributed by atoms with Crippen molar-refractivity contribution in [1.29, 1.82) is 0 Å². The van der Waals surface area contributed by atoms with E-state index in [9.17, 15) is 0 Å². The van der Waals surface area contributed by atoms with E-state index in [0.29, 0.717) is 0 Å². The van der Waals surface area contributed by atoms with Crippen LogP contribution in [0.25, 0.3) is 17.2 Å². The van der Waals surface area contributed by atoms with E-state index in [1.54, 1.807) is 0 Å². The summed E-state index contributed by atoms with van der Waals surface area (Å²) in [6.45, 7) is 8.05. The number of unbranched alkanes of at least 4 members (excludes halogenated alkanes) is 3. The van der Waals surface area contributed by atoms with Gasteiger partial charge in [-0.2, -0.15) is 0 Å². The van der Waals surface area contributed by atoms with Crippen LogP contribution in [-0.2, 0) is 13.1 Å². The van der Waals surface area contributed by atoms with Gasteiger partial charge in [0, 0.05) is 36.2 Å². The summed E-state index contributed by atoms with van der Waals surface area (Å²) in [7, 11) is 0. The van der Waals surface area contributed by atoms with Crippen LogP contribution in [0.5, 0.6) is 0 Å². The lowest BCUT2D eigenvalue weighted by Crippen LogP contribution is -2.33. The molecule has 1 aromatic carbocycles. The molecule has 0 bridgehead atoms. The van der Waals surface area contributed by atoms with Gasteiger partial charge in [0.15, 0.2) is 31.3 Å². The first-order valence-corrected chi connectivity index (χ1v) is 9.98. The molecule has 0 radical (unpaired) electrons. The largest absolute Gasteiger partial charge is 0.205 e. The smallest absolute Gasteiger partial charge is 0.173 e. The highest BCUT2D eigenvalue weighted by atomic mass is 14.9. The summed E-state index contributed by atoms with van der Waals surface area (Å²) in [5.41, 5.74) is 4.97. The average molecular weight is 359 g/mol. The Morgan fingerprint density at radius 2 is 1.33 bits per heavy atom. The van der Waals surface area contributed by atoms with Crippen molar-refractivity contribution in [2.45, 2.75) is 45.7 Å². The normalized spacial score (nSPS) is 10.7. The molecule has 3 rings (SSSR count). The summed E-state index contributed by atoms with van der Waals surface area (Å²) in [5.74, 6) is 0. The van der Waals surface area contributed by atoms with Crippen LogP contribution in [-0.4, -0.2) is 0 Å². The fourth-order valence-corrected chi connectivity index (χ4v) is 3.25. The number of pyridine rings is 2. The van der Waals surface area contributed by atoms with E-state index in [2.05, 4.69) is 96.0 Å². The standard InChI is InChI=1S/C25H30N2/c1-3-5-6-7-16-26-17-12-24(13-18-26)25-14-19-27(20-15-25)21-23-10-8-22(4-2)9-11-23/h4,8-15,17-20H,2-3,5-7,16,21H2,1H3/q+2. The average Bonchev–Trinajstić information content (AvgIpc) is 2.73. The van der Waals surface area contributed by atoms with Crippen molar-refractivity contribution < 1.29 is 9.13 Å². The highest BCUT2D eigenvalue weighted by molar-refractivity contribution is 5.60. The van der Waals surface area contributed by atoms with Crippen LogP contribution in [0.15, 0.2) is 79.9 Å². The predicted octanol–water partition coefficient (Wildman–Crippen LogP) is 5.20. The molecule has 0 spiro atoms. The van der Waals surface area contributed by atoms with Gasteiger partial charge in [-0.1, -0.05) is 56.7 Å². The first-order valence-electron chi connectivity index (χ1n) is 9.98. The van der Waals surface area contributed by atoms with Gasteiger partial charge < -0.3 is 0 Å². The number of rotatable bonds is 9. The fraction of sp³-hybridized carbons (Fsp3) is 0.280. The number of hydrogen-bond donors (Lipinski definition) is 0. The van der Waals surface area contributed by atoms with Gasteiger partial charge in [-0.15, -0.1) is 0 Å². The molecule has 0 aliphatic carbocycles. The predicted molar refractivity (Wildman–Crippen MR) is 112 cm³/mol. The second-order valence-corrected chi connectivity index (χ2v) is 7.09. The van der Waals surface area contributed by atoms with Crippen LogP contribution in [0.1, 0.15) is 43.7 Å². The summed E-state index contributed by atoms with van der Waals surface area (Å²) in [6.07, 6.45) is 15.8. The molecule has 2 heteroatoms. The van der Waals surface area contributed by atoms with E-state index in [1.165, 1.54) is 42.4 Å². The lowest BCUT2D eigenvalue weighted by molar-refractivity contribution is -0.697. The molecule has 0 amide bonds. The Hall–Kier alpha value is -2.74. The monoisotopic (exact) mass is 358 g/mol. The number of nitrogens with zero attached hydrogens (tertiary/aromatic N) is 2. The van der Waals surface area contributed by atoms with Crippen molar-refractivity contribution in [2.24, 2.45) is 0 Å². The second kappa shape index (κ2) is 9.82. The summed E-state index contributed by atoms with van der Waals surface area (Å²) in [5, 5.41) is 0. The van der Waals surface area contributed by atoms with Gasteiger partial charge in [0.25, 0.3) is 0 Å². The molecule has 0 N–H and O–H groups in total. The number of aryl methyl sites for hydroxylation is 1. The van der Waals surface area contributed by atoms with Gasteiger partial charge in [-0.05, 0) is 23.1 Å². The minimum atomic E-state index is 0.879. The zero-order chi connectivity index (χ0) is 18.9. The molecule has 138 valence electrons. The Labute approximate surface area is 163 Å². The molecule has 2 heterocycles. The minimum Gasteiger partial charge on any atom is -0.205 e. The van der Waals surface area contributed by atoms with Crippen LogP contribution in [0.4, 0.5) is 0 Å². The van der Waals surface area contributed by atoms with Crippen molar-refractivity contribution in [2.75, 3.05) is 0 Å². The molecule has 0 unspecified atom stereocenters. The quantitative estimate of drug-likeness (QED) is 0.367. The number of hydrogen-bond acceptors (Lipinski definition) is 0. The molecule has 2 aromatic heterocycles. The molecular formula is C25H30N2+2. The fourth-order valence-electron chi connectivity index (χ4n) is 3.25. The second-order valence-electron chi connectivity index (χ2n) is 7.09. The van der Waals surface area contributed by atoms with E-state index >= 15 is 0 Å². The summed E-state index contributed by atoms with van der Waals surface area (Å²) in [6, 6.07) is 17.4. The van der Waals surface area contributed by atoms with E-state index in [-0.39, 0.29) is 0 Å². The molecular weight excluding hydrogens is 328 g/mol. The van der Waals surface area contributed by atoms with Crippen molar-refractivity contribution in [3.05, 3.63) is 91.0 Å². The zero-order valence-electron chi connectivity index (χ0n) is 16.3. The Balaban J connectivity index is 1.60. The highest BCUT2D eigenvalue weighted by Crippen LogP contribution is 2.16. The Bertz CT molecular complexity index is 831. The van der Waals surface area contributed by atoms with Crippen LogP contribution < -0.4 is 9.13 Å². The topological polar surface area (TPSA) is 7.76 Å². The first kappa shape index (κ1) is 19.0. The molecule has 0 aliphatic rings. The Kier molecular flexibility index (Phi) is 6.92.